The molecule has 0 amide bonds. The van der Waals surface area contributed by atoms with Gasteiger partial charge in [-0.15, -0.1) is 0 Å². The zero-order valence-electron chi connectivity index (χ0n) is 39.9. The van der Waals surface area contributed by atoms with E-state index in [1.165, 1.54) is 46.1 Å². The molecule has 0 radical (unpaired) electrons. The first-order valence-corrected chi connectivity index (χ1v) is 23.1. The highest BCUT2D eigenvalue weighted by Gasteiger charge is 2.54. The number of aliphatic hydroxyl groups excluding tert-OH is 3. The lowest BCUT2D eigenvalue weighted by molar-refractivity contribution is -0.319. The Bertz CT molecular complexity index is 1400. The molecule has 0 aromatic rings. The molecule has 61 heavy (non-hydrogen) atoms. The van der Waals surface area contributed by atoms with E-state index in [-0.39, 0.29) is 31.4 Å². The van der Waals surface area contributed by atoms with Crippen LogP contribution in [-0.4, -0.2) is 156 Å². The molecule has 4 fully saturated rings. The molecule has 1 aliphatic carbocycles. The average molecular weight is 873 g/mol. The lowest BCUT2D eigenvalue weighted by Crippen LogP contribution is -2.61. The number of cyclic esters (lactones) is 1. The number of ether oxygens (including phenoxy) is 7. The Hall–Kier alpha value is -1.50. The van der Waals surface area contributed by atoms with Gasteiger partial charge in [0.2, 0.25) is 0 Å². The van der Waals surface area contributed by atoms with E-state index in [1.807, 2.05) is 46.7 Å². The van der Waals surface area contributed by atoms with Crippen LogP contribution < -0.4 is 0 Å². The van der Waals surface area contributed by atoms with Gasteiger partial charge in [0.15, 0.2) is 12.6 Å². The summed E-state index contributed by atoms with van der Waals surface area (Å²) in [6.45, 7) is 18.5. The summed E-state index contributed by atoms with van der Waals surface area (Å²) >= 11 is 0. The van der Waals surface area contributed by atoms with Crippen LogP contribution >= 0.6 is 0 Å². The lowest BCUT2D eigenvalue weighted by atomic mass is 9.73. The molecule has 2 unspecified atom stereocenters. The van der Waals surface area contributed by atoms with E-state index in [0.29, 0.717) is 24.7 Å². The van der Waals surface area contributed by atoms with Crippen LogP contribution in [0.5, 0.6) is 0 Å². The van der Waals surface area contributed by atoms with E-state index in [4.69, 9.17) is 43.2 Å². The minimum absolute atomic E-state index is 0.146. The first-order chi connectivity index (χ1) is 28.5. The third-order valence-corrected chi connectivity index (χ3v) is 14.8. The summed E-state index contributed by atoms with van der Waals surface area (Å²) in [6, 6.07) is -0.267. The van der Waals surface area contributed by atoms with E-state index in [9.17, 15) is 25.2 Å². The van der Waals surface area contributed by atoms with Crippen LogP contribution in [0.2, 0.25) is 0 Å². The first-order valence-electron chi connectivity index (χ1n) is 23.1. The SMILES string of the molecule is CCC1OC(=O)[C@H](C)C(O[C@H]2C[C@@](C)(OC)[C@@H](O)[C@H](C)O2)[C@H](C)[C@@H](O[C@@H]2O[C@H](C)C[C@H](N(C)C)[C@H]2O)[C@](C)(OC)C[C@@H](C)/C(=N\OCCC2CCCCC2)[C@H](C)[C@@H](O)[C@]1(C)O. The molecule has 15 heteroatoms. The van der Waals surface area contributed by atoms with E-state index in [1.54, 1.807) is 41.7 Å². The van der Waals surface area contributed by atoms with Crippen molar-refractivity contribution in [2.75, 3.05) is 34.9 Å². The molecule has 0 bridgehead atoms. The second-order valence-corrected chi connectivity index (χ2v) is 19.9. The Morgan fingerprint density at radius 1 is 0.852 bits per heavy atom. The van der Waals surface area contributed by atoms with Crippen molar-refractivity contribution in [2.24, 2.45) is 34.7 Å². The number of carbonyl (C=O) groups excluding carboxylic acids is 1. The summed E-state index contributed by atoms with van der Waals surface area (Å²) in [5.74, 6) is -2.89. The Morgan fingerprint density at radius 3 is 2.08 bits per heavy atom. The molecule has 3 saturated heterocycles. The van der Waals surface area contributed by atoms with Gasteiger partial charge in [0.1, 0.15) is 30.5 Å². The number of hydrogen-bond donors (Lipinski definition) is 4. The predicted molar refractivity (Wildman–Crippen MR) is 231 cm³/mol. The lowest BCUT2D eigenvalue weighted by Gasteiger charge is -2.50. The molecule has 356 valence electrons. The highest BCUT2D eigenvalue weighted by atomic mass is 16.7. The summed E-state index contributed by atoms with van der Waals surface area (Å²) in [6.07, 6.45) is -1.15. The monoisotopic (exact) mass is 873 g/mol. The van der Waals surface area contributed by atoms with Crippen LogP contribution in [-0.2, 0) is 42.8 Å². The summed E-state index contributed by atoms with van der Waals surface area (Å²) < 4.78 is 45.0. The van der Waals surface area contributed by atoms with Crippen molar-refractivity contribution >= 4 is 11.7 Å². The topological polar surface area (TPSA) is 187 Å². The molecule has 1 saturated carbocycles. The quantitative estimate of drug-likeness (QED) is 0.114. The van der Waals surface area contributed by atoms with Gasteiger partial charge in [0.25, 0.3) is 0 Å². The highest BCUT2D eigenvalue weighted by molar-refractivity contribution is 5.88. The Kier molecular flexibility index (Phi) is 18.9. The van der Waals surface area contributed by atoms with Crippen molar-refractivity contribution in [1.82, 2.24) is 4.90 Å². The van der Waals surface area contributed by atoms with Gasteiger partial charge < -0.3 is 63.3 Å². The molecular formula is C46H84N2O13. The number of hydrogen-bond acceptors (Lipinski definition) is 15. The number of methoxy groups -OCH3 is 2. The smallest absolute Gasteiger partial charge is 0.311 e. The second-order valence-electron chi connectivity index (χ2n) is 19.9. The third kappa shape index (κ3) is 12.2. The highest BCUT2D eigenvalue weighted by Crippen LogP contribution is 2.42. The number of esters is 1. The van der Waals surface area contributed by atoms with Gasteiger partial charge in [-0.3, -0.25) is 4.79 Å². The van der Waals surface area contributed by atoms with Gasteiger partial charge in [0, 0.05) is 44.4 Å². The predicted octanol–water partition coefficient (Wildman–Crippen LogP) is 5.21. The minimum atomic E-state index is -1.89. The zero-order chi connectivity index (χ0) is 45.6. The minimum Gasteiger partial charge on any atom is -0.459 e. The number of carbonyl (C=O) groups is 1. The number of aliphatic hydroxyl groups is 4. The molecule has 4 N–H and O–H groups in total. The molecule has 3 heterocycles. The van der Waals surface area contributed by atoms with Gasteiger partial charge in [-0.05, 0) is 87.2 Å². The van der Waals surface area contributed by atoms with Gasteiger partial charge in [-0.2, -0.15) is 0 Å². The normalized spacial score (nSPS) is 46.0. The van der Waals surface area contributed by atoms with Crippen LogP contribution in [0.25, 0.3) is 0 Å². The summed E-state index contributed by atoms with van der Waals surface area (Å²) in [4.78, 5) is 22.5. The molecule has 18 atom stereocenters. The fraction of sp³-hybridized carbons (Fsp3) is 0.957. The van der Waals surface area contributed by atoms with E-state index in [0.717, 1.165) is 6.42 Å². The van der Waals surface area contributed by atoms with Gasteiger partial charge in [-0.25, -0.2) is 0 Å². The zero-order valence-corrected chi connectivity index (χ0v) is 39.9. The van der Waals surface area contributed by atoms with Gasteiger partial charge >= 0.3 is 5.97 Å². The van der Waals surface area contributed by atoms with Crippen molar-refractivity contribution in [1.29, 1.82) is 0 Å². The maximum absolute atomic E-state index is 14.5. The molecular weight excluding hydrogens is 789 g/mol. The Morgan fingerprint density at radius 2 is 1.49 bits per heavy atom. The fourth-order valence-corrected chi connectivity index (χ4v) is 10.6. The number of nitrogens with zero attached hydrogens (tertiary/aromatic N) is 2. The van der Waals surface area contributed by atoms with Crippen LogP contribution in [0.4, 0.5) is 0 Å². The molecule has 0 aromatic carbocycles. The standard InChI is InChI=1S/C46H84N2O13/c1-15-34-46(10,53)39(50)28(4)36(47-56-22-21-32-19-17-16-18-20-32)26(2)24-45(9,55-14)41(61-43-37(49)33(48(11)12)23-27(3)57-43)29(5)38(30(6)42(52)59-34)60-35-25-44(8,54-13)40(51)31(7)58-35/h26-35,37-41,43,49-51,53H,15-25H2,1-14H3/b47-36+/t26-,27-,28+,29+,30-,31+,33+,34?,35+,37-,38?,39-,40+,41-,43+,44-,45-,46-/m1/s1. The Labute approximate surface area is 366 Å². The van der Waals surface area contributed by atoms with Gasteiger partial charge in [0.05, 0.1) is 53.4 Å². The van der Waals surface area contributed by atoms with Gasteiger partial charge in [-0.1, -0.05) is 65.0 Å². The molecule has 3 aliphatic heterocycles. The van der Waals surface area contributed by atoms with Crippen molar-refractivity contribution in [3.05, 3.63) is 0 Å². The van der Waals surface area contributed by atoms with E-state index >= 15 is 0 Å². The van der Waals surface area contributed by atoms with Crippen molar-refractivity contribution in [3.8, 4) is 0 Å². The van der Waals surface area contributed by atoms with Crippen LogP contribution in [0.15, 0.2) is 5.16 Å². The molecule has 0 spiro atoms. The number of likely N-dealkylation sites (N-methyl/N-ethyl adjacent to an activating group) is 1. The van der Waals surface area contributed by atoms with E-state index in [2.05, 4.69) is 0 Å². The maximum Gasteiger partial charge on any atom is 0.311 e. The van der Waals surface area contributed by atoms with Crippen LogP contribution in [0.1, 0.15) is 133 Å². The van der Waals surface area contributed by atoms with E-state index < -0.39 is 102 Å². The summed E-state index contributed by atoms with van der Waals surface area (Å²) in [5.41, 5.74) is -3.57. The van der Waals surface area contributed by atoms with Crippen LogP contribution in [0.3, 0.4) is 0 Å². The molecule has 4 rings (SSSR count). The van der Waals surface area contributed by atoms with Crippen LogP contribution in [0, 0.1) is 29.6 Å². The molecule has 4 aliphatic rings. The largest absolute Gasteiger partial charge is 0.459 e. The number of rotatable bonds is 12. The number of oxime groups is 1. The molecule has 15 nitrogen and oxygen atoms in total. The van der Waals surface area contributed by atoms with Crippen molar-refractivity contribution in [2.45, 2.75) is 218 Å². The second kappa shape index (κ2) is 22.1. The first kappa shape index (κ1) is 52.1. The maximum atomic E-state index is 14.5. The fourth-order valence-electron chi connectivity index (χ4n) is 10.6. The average Bonchev–Trinajstić information content (AvgIpc) is 3.22. The third-order valence-electron chi connectivity index (χ3n) is 14.8. The molecule has 0 aromatic heterocycles. The summed E-state index contributed by atoms with van der Waals surface area (Å²) in [5, 5.41) is 51.8. The Balaban J connectivity index is 1.86. The summed E-state index contributed by atoms with van der Waals surface area (Å²) in [7, 11) is 6.95. The van der Waals surface area contributed by atoms with Crippen molar-refractivity contribution < 1.29 is 63.2 Å². The van der Waals surface area contributed by atoms with Crippen molar-refractivity contribution in [3.63, 3.8) is 0 Å².